The van der Waals surface area contributed by atoms with Gasteiger partial charge in [0.1, 0.15) is 6.33 Å². The molecule has 0 unspecified atom stereocenters. The van der Waals surface area contributed by atoms with E-state index in [2.05, 4.69) is 20.6 Å². The summed E-state index contributed by atoms with van der Waals surface area (Å²) in [6.45, 7) is 2.65. The fourth-order valence-electron chi connectivity index (χ4n) is 2.29. The Bertz CT molecular complexity index is 446. The third-order valence-electron chi connectivity index (χ3n) is 3.24. The van der Waals surface area contributed by atoms with E-state index < -0.39 is 4.92 Å². The molecular weight excluding hydrogens is 246 g/mol. The molecule has 0 amide bonds. The largest absolute Gasteiger partial charge is 0.364 e. The molecule has 1 aromatic heterocycles. The van der Waals surface area contributed by atoms with Crippen LogP contribution in [0.2, 0.25) is 0 Å². The standard InChI is InChI=1S/C12H19N5O2/c1-2-7-13-11-10(17(18)19)12(15-8-14-11)16-9-5-3-4-6-9/h8-9H,2-7H2,1H3,(H2,13,14,15,16). The van der Waals surface area contributed by atoms with Crippen molar-refractivity contribution in [2.45, 2.75) is 45.1 Å². The Labute approximate surface area is 112 Å². The van der Waals surface area contributed by atoms with Crippen LogP contribution < -0.4 is 10.6 Å². The minimum atomic E-state index is -0.421. The molecule has 7 heteroatoms. The van der Waals surface area contributed by atoms with Gasteiger partial charge in [-0.1, -0.05) is 19.8 Å². The lowest BCUT2D eigenvalue weighted by Crippen LogP contribution is -2.18. The average molecular weight is 265 g/mol. The highest BCUT2D eigenvalue weighted by atomic mass is 16.6. The first-order valence-electron chi connectivity index (χ1n) is 6.72. The van der Waals surface area contributed by atoms with E-state index in [1.165, 1.54) is 6.33 Å². The van der Waals surface area contributed by atoms with Crippen LogP contribution in [0.1, 0.15) is 39.0 Å². The van der Waals surface area contributed by atoms with Crippen LogP contribution in [0.3, 0.4) is 0 Å². The van der Waals surface area contributed by atoms with Crippen LogP contribution in [0, 0.1) is 10.1 Å². The van der Waals surface area contributed by atoms with Gasteiger partial charge in [-0.05, 0) is 19.3 Å². The Balaban J connectivity index is 2.22. The van der Waals surface area contributed by atoms with Gasteiger partial charge < -0.3 is 10.6 Å². The summed E-state index contributed by atoms with van der Waals surface area (Å²) in [7, 11) is 0. The lowest BCUT2D eigenvalue weighted by atomic mass is 10.2. The summed E-state index contributed by atoms with van der Waals surface area (Å²) in [6.07, 6.45) is 6.65. The lowest BCUT2D eigenvalue weighted by Gasteiger charge is -2.13. The maximum atomic E-state index is 11.2. The zero-order valence-electron chi connectivity index (χ0n) is 11.1. The van der Waals surface area contributed by atoms with Crippen LogP contribution >= 0.6 is 0 Å². The van der Waals surface area contributed by atoms with E-state index in [9.17, 15) is 10.1 Å². The number of aromatic nitrogens is 2. The molecule has 0 aliphatic heterocycles. The summed E-state index contributed by atoms with van der Waals surface area (Å²) in [4.78, 5) is 18.8. The summed E-state index contributed by atoms with van der Waals surface area (Å²) >= 11 is 0. The van der Waals surface area contributed by atoms with Gasteiger partial charge >= 0.3 is 5.69 Å². The second-order valence-electron chi connectivity index (χ2n) is 4.73. The summed E-state index contributed by atoms with van der Waals surface area (Å²) in [5.41, 5.74) is -0.0529. The molecule has 1 saturated carbocycles. The Hall–Kier alpha value is -1.92. The number of hydrogen-bond acceptors (Lipinski definition) is 6. The van der Waals surface area contributed by atoms with Gasteiger partial charge in [0, 0.05) is 12.6 Å². The van der Waals surface area contributed by atoms with E-state index in [1.54, 1.807) is 0 Å². The van der Waals surface area contributed by atoms with Crippen LogP contribution in [-0.4, -0.2) is 27.5 Å². The molecule has 1 aliphatic carbocycles. The van der Waals surface area contributed by atoms with Gasteiger partial charge in [-0.3, -0.25) is 10.1 Å². The zero-order chi connectivity index (χ0) is 13.7. The number of hydrogen-bond donors (Lipinski definition) is 2. The van der Waals surface area contributed by atoms with Crippen molar-refractivity contribution in [1.29, 1.82) is 0 Å². The van der Waals surface area contributed by atoms with Crippen LogP contribution in [0.4, 0.5) is 17.3 Å². The van der Waals surface area contributed by atoms with Crippen molar-refractivity contribution in [3.63, 3.8) is 0 Å². The quantitative estimate of drug-likeness (QED) is 0.606. The topological polar surface area (TPSA) is 93.0 Å². The van der Waals surface area contributed by atoms with Gasteiger partial charge in [-0.15, -0.1) is 0 Å². The van der Waals surface area contributed by atoms with Crippen LogP contribution in [0.25, 0.3) is 0 Å². The SMILES string of the molecule is CCCNc1ncnc(NC2CCCC2)c1[N+](=O)[O-]. The molecule has 2 rings (SSSR count). The average Bonchev–Trinajstić information content (AvgIpc) is 2.89. The molecule has 0 bridgehead atoms. The number of anilines is 2. The minimum absolute atomic E-state index is 0.0529. The summed E-state index contributed by atoms with van der Waals surface area (Å²) < 4.78 is 0. The van der Waals surface area contributed by atoms with Crippen LogP contribution in [-0.2, 0) is 0 Å². The van der Waals surface area contributed by atoms with E-state index in [1.807, 2.05) is 6.92 Å². The van der Waals surface area contributed by atoms with Crippen LogP contribution in [0.5, 0.6) is 0 Å². The van der Waals surface area contributed by atoms with E-state index in [-0.39, 0.29) is 11.7 Å². The van der Waals surface area contributed by atoms with Crippen molar-refractivity contribution in [2.24, 2.45) is 0 Å². The Morgan fingerprint density at radius 3 is 2.68 bits per heavy atom. The van der Waals surface area contributed by atoms with Gasteiger partial charge in [0.15, 0.2) is 0 Å². The van der Waals surface area contributed by atoms with Gasteiger partial charge in [-0.2, -0.15) is 0 Å². The molecule has 0 saturated heterocycles. The highest BCUT2D eigenvalue weighted by molar-refractivity contribution is 5.69. The number of rotatable bonds is 6. The summed E-state index contributed by atoms with van der Waals surface area (Å²) in [5.74, 6) is 0.618. The second kappa shape index (κ2) is 6.31. The highest BCUT2D eigenvalue weighted by Gasteiger charge is 2.25. The first-order valence-corrected chi connectivity index (χ1v) is 6.72. The van der Waals surface area contributed by atoms with Crippen LogP contribution in [0.15, 0.2) is 6.33 Å². The predicted octanol–water partition coefficient (Wildman–Crippen LogP) is 2.56. The van der Waals surface area contributed by atoms with Crippen molar-refractivity contribution < 1.29 is 4.92 Å². The molecule has 0 atom stereocenters. The van der Waals surface area contributed by atoms with Crippen molar-refractivity contribution in [1.82, 2.24) is 9.97 Å². The molecule has 1 heterocycles. The third-order valence-corrected chi connectivity index (χ3v) is 3.24. The number of nitrogens with one attached hydrogen (secondary N) is 2. The molecule has 1 aromatic rings. The fraction of sp³-hybridized carbons (Fsp3) is 0.667. The molecule has 104 valence electrons. The van der Waals surface area contributed by atoms with Crippen molar-refractivity contribution >= 4 is 17.3 Å². The van der Waals surface area contributed by atoms with Crippen molar-refractivity contribution in [3.05, 3.63) is 16.4 Å². The van der Waals surface area contributed by atoms with E-state index >= 15 is 0 Å². The van der Waals surface area contributed by atoms with Gasteiger partial charge in [0.2, 0.25) is 11.6 Å². The first kappa shape index (κ1) is 13.5. The monoisotopic (exact) mass is 265 g/mol. The first-order chi connectivity index (χ1) is 9.22. The Kier molecular flexibility index (Phi) is 4.48. The van der Waals surface area contributed by atoms with Crippen molar-refractivity contribution in [3.8, 4) is 0 Å². The molecule has 2 N–H and O–H groups in total. The summed E-state index contributed by atoms with van der Waals surface area (Å²) in [5, 5.41) is 17.4. The maximum absolute atomic E-state index is 11.2. The fourth-order valence-corrected chi connectivity index (χ4v) is 2.29. The minimum Gasteiger partial charge on any atom is -0.364 e. The maximum Gasteiger partial charge on any atom is 0.353 e. The number of nitro groups is 1. The van der Waals surface area contributed by atoms with E-state index in [4.69, 9.17) is 0 Å². The predicted molar refractivity (Wildman–Crippen MR) is 73.3 cm³/mol. The highest BCUT2D eigenvalue weighted by Crippen LogP contribution is 2.31. The second-order valence-corrected chi connectivity index (χ2v) is 4.73. The number of nitrogens with zero attached hydrogens (tertiary/aromatic N) is 3. The van der Waals surface area contributed by atoms with E-state index in [0.717, 1.165) is 32.1 Å². The third kappa shape index (κ3) is 3.30. The Morgan fingerprint density at radius 1 is 1.37 bits per heavy atom. The normalized spacial score (nSPS) is 15.4. The van der Waals surface area contributed by atoms with Crippen molar-refractivity contribution in [2.75, 3.05) is 17.2 Å². The lowest BCUT2D eigenvalue weighted by molar-refractivity contribution is -0.383. The smallest absolute Gasteiger partial charge is 0.353 e. The van der Waals surface area contributed by atoms with E-state index in [0.29, 0.717) is 18.2 Å². The molecule has 1 aliphatic rings. The molecule has 7 nitrogen and oxygen atoms in total. The van der Waals surface area contributed by atoms with Gasteiger partial charge in [0.25, 0.3) is 0 Å². The molecular formula is C12H19N5O2. The summed E-state index contributed by atoms with van der Waals surface area (Å²) in [6, 6.07) is 0.285. The molecule has 0 radical (unpaired) electrons. The van der Waals surface area contributed by atoms with Gasteiger partial charge in [0.05, 0.1) is 4.92 Å². The molecule has 0 spiro atoms. The van der Waals surface area contributed by atoms with Gasteiger partial charge in [-0.25, -0.2) is 9.97 Å². The Morgan fingerprint density at radius 2 is 2.05 bits per heavy atom. The zero-order valence-corrected chi connectivity index (χ0v) is 11.1. The molecule has 1 fully saturated rings. The molecule has 0 aromatic carbocycles. The molecule has 19 heavy (non-hydrogen) atoms.